The Morgan fingerprint density at radius 1 is 0.429 bits per heavy atom. The number of amides is 5. The third-order valence-corrected chi connectivity index (χ3v) is 11.2. The molecular weight excluding hydrogens is 917 g/mol. The lowest BCUT2D eigenvalue weighted by molar-refractivity contribution is -0.144. The van der Waals surface area contributed by atoms with Gasteiger partial charge in [0.05, 0.1) is 25.9 Å². The fourth-order valence-corrected chi connectivity index (χ4v) is 7.15. The van der Waals surface area contributed by atoms with Gasteiger partial charge in [-0.05, 0) is 64.5 Å². The molecule has 0 aromatic heterocycles. The summed E-state index contributed by atoms with van der Waals surface area (Å²) < 4.78 is 10.6. The maximum absolute atomic E-state index is 12.5. The highest BCUT2D eigenvalue weighted by molar-refractivity contribution is 5.93. The van der Waals surface area contributed by atoms with Gasteiger partial charge in [0.25, 0.3) is 0 Å². The molecule has 0 bridgehead atoms. The highest BCUT2D eigenvalue weighted by atomic mass is 16.5. The number of likely N-dealkylation sites (N-methyl/N-ethyl adjacent to an activating group) is 1. The zero-order valence-electron chi connectivity index (χ0n) is 41.2. The second-order valence-corrected chi connectivity index (χ2v) is 17.1. The highest BCUT2D eigenvalue weighted by Gasteiger charge is 2.25. The first-order valence-electron chi connectivity index (χ1n) is 24.8. The Labute approximate surface area is 412 Å². The van der Waals surface area contributed by atoms with Crippen molar-refractivity contribution in [2.24, 2.45) is 0 Å². The second-order valence-electron chi connectivity index (χ2n) is 17.1. The fourth-order valence-electron chi connectivity index (χ4n) is 7.15. The van der Waals surface area contributed by atoms with Crippen LogP contribution in [0.3, 0.4) is 0 Å². The molecule has 0 fully saturated rings. The molecule has 0 heterocycles. The van der Waals surface area contributed by atoms with E-state index in [2.05, 4.69) is 38.5 Å². The number of aliphatic carboxylic acids is 4. The first kappa shape index (κ1) is 64.5. The van der Waals surface area contributed by atoms with E-state index in [1.807, 2.05) is 0 Å². The average Bonchev–Trinajstić information content (AvgIpc) is 3.31. The molecule has 3 unspecified atom stereocenters. The van der Waals surface area contributed by atoms with Crippen LogP contribution in [0.1, 0.15) is 161 Å². The molecule has 0 saturated heterocycles. The molecule has 0 aliphatic heterocycles. The molecule has 22 heteroatoms. The molecule has 0 aliphatic rings. The molecule has 0 aliphatic carbocycles. The first-order valence-corrected chi connectivity index (χ1v) is 24.8. The van der Waals surface area contributed by atoms with Crippen LogP contribution in [0.5, 0.6) is 0 Å². The number of hydrogen-bond donors (Lipinski definition) is 10. The number of rotatable bonds is 48. The van der Waals surface area contributed by atoms with Crippen LogP contribution in [0.2, 0.25) is 0 Å². The minimum absolute atomic E-state index is 0.0178. The summed E-state index contributed by atoms with van der Waals surface area (Å²) in [7, 11) is 1.66. The van der Waals surface area contributed by atoms with E-state index >= 15 is 0 Å². The van der Waals surface area contributed by atoms with Crippen molar-refractivity contribution in [2.75, 3.05) is 46.6 Å². The molecule has 400 valence electrons. The van der Waals surface area contributed by atoms with E-state index in [0.29, 0.717) is 32.2 Å². The molecular formula is C48H82N6O16. The lowest BCUT2D eigenvalue weighted by atomic mass is 10.0. The van der Waals surface area contributed by atoms with E-state index in [1.165, 1.54) is 38.2 Å². The Balaban J connectivity index is 4.14. The van der Waals surface area contributed by atoms with E-state index in [-0.39, 0.29) is 89.0 Å². The molecule has 22 nitrogen and oxygen atoms in total. The van der Waals surface area contributed by atoms with Gasteiger partial charge in [-0.2, -0.15) is 0 Å². The fraction of sp³-hybridized carbons (Fsp3) is 0.750. The minimum Gasteiger partial charge on any atom is -0.481 e. The Hall–Kier alpha value is -5.48. The monoisotopic (exact) mass is 999 g/mol. The number of carbonyl (C=O) groups excluding carboxylic acids is 6. The summed E-state index contributed by atoms with van der Waals surface area (Å²) in [4.78, 5) is 119. The zero-order valence-corrected chi connectivity index (χ0v) is 41.2. The number of nitrogens with one attached hydrogen (secondary N) is 6. The second kappa shape index (κ2) is 42.4. The summed E-state index contributed by atoms with van der Waals surface area (Å²) in [6.07, 6.45) is 16.7. The van der Waals surface area contributed by atoms with Crippen molar-refractivity contribution in [3.8, 4) is 0 Å². The van der Waals surface area contributed by atoms with Crippen molar-refractivity contribution in [2.45, 2.75) is 185 Å². The Morgan fingerprint density at radius 3 is 1.27 bits per heavy atom. The van der Waals surface area contributed by atoms with Gasteiger partial charge in [0.1, 0.15) is 24.7 Å². The van der Waals surface area contributed by atoms with Crippen LogP contribution >= 0.6 is 0 Å². The molecule has 0 radical (unpaired) electrons. The predicted octanol–water partition coefficient (Wildman–Crippen LogP) is 3.14. The summed E-state index contributed by atoms with van der Waals surface area (Å²) >= 11 is 0. The number of hydrogen-bond acceptors (Lipinski definition) is 13. The van der Waals surface area contributed by atoms with E-state index in [4.69, 9.17) is 14.6 Å². The number of unbranched alkanes of at least 4 members (excludes halogenated alkanes) is 14. The van der Waals surface area contributed by atoms with Gasteiger partial charge in [-0.1, -0.05) is 83.6 Å². The first-order chi connectivity index (χ1) is 33.5. The lowest BCUT2D eigenvalue weighted by Gasteiger charge is -2.17. The van der Waals surface area contributed by atoms with E-state index in [1.54, 1.807) is 7.05 Å². The smallest absolute Gasteiger partial charge is 0.326 e. The van der Waals surface area contributed by atoms with Crippen LogP contribution in [0.4, 0.5) is 0 Å². The van der Waals surface area contributed by atoms with Gasteiger partial charge in [0.2, 0.25) is 29.5 Å². The van der Waals surface area contributed by atoms with Gasteiger partial charge in [0, 0.05) is 45.2 Å². The van der Waals surface area contributed by atoms with Crippen LogP contribution < -0.4 is 31.9 Å². The normalized spacial score (nSPS) is 12.6. The quantitative estimate of drug-likeness (QED) is 0.0309. The summed E-state index contributed by atoms with van der Waals surface area (Å²) in [5.41, 5.74) is 0. The van der Waals surface area contributed by atoms with E-state index in [9.17, 15) is 63.3 Å². The Bertz CT molecular complexity index is 1600. The van der Waals surface area contributed by atoms with Crippen molar-refractivity contribution in [3.63, 3.8) is 0 Å². The highest BCUT2D eigenvalue weighted by Crippen LogP contribution is 2.14. The van der Waals surface area contributed by atoms with Crippen LogP contribution in [0, 0.1) is 0 Å². The average molecular weight is 999 g/mol. The molecule has 70 heavy (non-hydrogen) atoms. The van der Waals surface area contributed by atoms with E-state index < -0.39 is 78.7 Å². The molecule has 4 atom stereocenters. The largest absolute Gasteiger partial charge is 0.481 e. The molecule has 0 spiro atoms. The standard InChI is InChI=1S/C48H82N6O16/c1-3-39(55)35(49-2)20-18-19-29-50-40(56)26-23-37(47(65)66)53-43(59)28-25-38(48(67)68)54-44(60)34-70-33-32-69-31-30-51-41(57)27-24-36(46(63)64)52-42(58)21-16-14-12-10-8-6-4-5-7-9-11-13-15-17-22-45(61)62/h3,35-38,49H,1,4-34H2,2H3,(H,50,56)(H,51,57)(H,52,58)(H,53,59)(H,54,60)(H,61,62)(H,63,64)(H,65,66)(H,67,68)/t35?,36?,37?,38-/m0/s1. The molecule has 0 rings (SSSR count). The van der Waals surface area contributed by atoms with Crippen molar-refractivity contribution in [1.82, 2.24) is 31.9 Å². The van der Waals surface area contributed by atoms with E-state index in [0.717, 1.165) is 51.4 Å². The van der Waals surface area contributed by atoms with Gasteiger partial charge in [0.15, 0.2) is 5.78 Å². The number of carbonyl (C=O) groups is 10. The Morgan fingerprint density at radius 2 is 0.829 bits per heavy atom. The summed E-state index contributed by atoms with van der Waals surface area (Å²) in [6.45, 7) is 3.36. The molecule has 0 aromatic rings. The van der Waals surface area contributed by atoms with Gasteiger partial charge >= 0.3 is 23.9 Å². The van der Waals surface area contributed by atoms with Crippen LogP contribution in [-0.2, 0) is 57.4 Å². The van der Waals surface area contributed by atoms with Gasteiger partial charge in [-0.15, -0.1) is 0 Å². The molecule has 10 N–H and O–H groups in total. The third kappa shape index (κ3) is 37.4. The number of ketones is 1. The molecule has 0 aromatic carbocycles. The number of carboxylic acid groups (broad SMARTS) is 4. The Kier molecular flexibility index (Phi) is 39.1. The SMILES string of the molecule is C=CC(=O)C(CCCCNC(=O)CCC(NC(=O)CC[C@H](NC(=O)COCCOCCNC(=O)CCC(NC(=O)CCCCCCCCCCCCCCCCC(=O)O)C(=O)O)C(=O)O)C(=O)O)NC. The van der Waals surface area contributed by atoms with Crippen LogP contribution in [0.25, 0.3) is 0 Å². The lowest BCUT2D eigenvalue weighted by Crippen LogP contribution is -2.45. The van der Waals surface area contributed by atoms with Crippen molar-refractivity contribution in [3.05, 3.63) is 12.7 Å². The van der Waals surface area contributed by atoms with Crippen LogP contribution in [0.15, 0.2) is 12.7 Å². The summed E-state index contributed by atoms with van der Waals surface area (Å²) in [5.74, 6) is -7.74. The summed E-state index contributed by atoms with van der Waals surface area (Å²) in [6, 6.07) is -4.47. The molecule has 5 amide bonds. The van der Waals surface area contributed by atoms with Gasteiger partial charge in [-0.25, -0.2) is 14.4 Å². The zero-order chi connectivity index (χ0) is 52.4. The summed E-state index contributed by atoms with van der Waals surface area (Å²) in [5, 5.41) is 52.4. The minimum atomic E-state index is -1.49. The third-order valence-electron chi connectivity index (χ3n) is 11.2. The van der Waals surface area contributed by atoms with Crippen molar-refractivity contribution >= 4 is 59.2 Å². The predicted molar refractivity (Wildman–Crippen MR) is 257 cm³/mol. The van der Waals surface area contributed by atoms with Crippen molar-refractivity contribution in [1.29, 1.82) is 0 Å². The number of ether oxygens (including phenoxy) is 2. The van der Waals surface area contributed by atoms with Crippen LogP contribution in [-0.4, -0.2) is 150 Å². The number of carboxylic acids is 4. The molecule has 0 saturated carbocycles. The topological polar surface area (TPSA) is 342 Å². The van der Waals surface area contributed by atoms with Gasteiger partial charge < -0.3 is 61.8 Å². The maximum Gasteiger partial charge on any atom is 0.326 e. The van der Waals surface area contributed by atoms with Gasteiger partial charge in [-0.3, -0.25) is 33.6 Å². The maximum atomic E-state index is 12.5. The van der Waals surface area contributed by atoms with Crippen molar-refractivity contribution < 1.29 is 77.8 Å².